The maximum absolute atomic E-state index is 13.4. The number of aryl methyl sites for hydroxylation is 1. The molecule has 0 aliphatic carbocycles. The third-order valence-corrected chi connectivity index (χ3v) is 3.78. The first-order valence-electron chi connectivity index (χ1n) is 7.91. The number of aromatic nitrogens is 1. The SMILES string of the molecule is Cn1c(=O)oc2cc(NC(=O)CCCOc3ccc(F)cc3F)ccc21. The minimum Gasteiger partial charge on any atom is -0.491 e. The van der Waals surface area contributed by atoms with E-state index in [9.17, 15) is 18.4 Å². The van der Waals surface area contributed by atoms with Gasteiger partial charge in [-0.05, 0) is 30.7 Å². The summed E-state index contributed by atoms with van der Waals surface area (Å²) in [5.41, 5.74) is 1.51. The molecule has 0 spiro atoms. The molecule has 2 aromatic carbocycles. The van der Waals surface area contributed by atoms with Gasteiger partial charge >= 0.3 is 5.76 Å². The molecule has 0 fully saturated rings. The third-order valence-electron chi connectivity index (χ3n) is 3.78. The van der Waals surface area contributed by atoms with Gasteiger partial charge in [-0.3, -0.25) is 9.36 Å². The lowest BCUT2D eigenvalue weighted by atomic mass is 10.2. The summed E-state index contributed by atoms with van der Waals surface area (Å²) in [4.78, 5) is 23.4. The lowest BCUT2D eigenvalue weighted by Gasteiger charge is -2.08. The molecule has 1 heterocycles. The number of halogens is 2. The van der Waals surface area contributed by atoms with Crippen LogP contribution in [0.3, 0.4) is 0 Å². The van der Waals surface area contributed by atoms with E-state index in [1.165, 1.54) is 10.6 Å². The van der Waals surface area contributed by atoms with Crippen molar-refractivity contribution in [1.29, 1.82) is 0 Å². The molecule has 0 bridgehead atoms. The minimum absolute atomic E-state index is 0.0589. The number of nitrogens with zero attached hydrogens (tertiary/aromatic N) is 1. The van der Waals surface area contributed by atoms with Crippen LogP contribution >= 0.6 is 0 Å². The van der Waals surface area contributed by atoms with Gasteiger partial charge in [0.25, 0.3) is 0 Å². The molecule has 0 saturated heterocycles. The highest BCUT2D eigenvalue weighted by Gasteiger charge is 2.09. The number of fused-ring (bicyclic) bond motifs is 1. The van der Waals surface area contributed by atoms with Gasteiger partial charge in [-0.15, -0.1) is 0 Å². The summed E-state index contributed by atoms with van der Waals surface area (Å²) in [6, 6.07) is 7.95. The summed E-state index contributed by atoms with van der Waals surface area (Å²) in [5.74, 6) is -2.26. The summed E-state index contributed by atoms with van der Waals surface area (Å²) < 4.78 is 37.8. The van der Waals surface area contributed by atoms with Crippen LogP contribution in [0.1, 0.15) is 12.8 Å². The van der Waals surface area contributed by atoms with E-state index in [1.807, 2.05) is 0 Å². The number of nitrogens with one attached hydrogen (secondary N) is 1. The van der Waals surface area contributed by atoms with Gasteiger partial charge in [0, 0.05) is 31.3 Å². The fourth-order valence-electron chi connectivity index (χ4n) is 2.44. The molecular formula is C18H16F2N2O4. The van der Waals surface area contributed by atoms with Gasteiger partial charge in [0.15, 0.2) is 17.1 Å². The zero-order valence-corrected chi connectivity index (χ0v) is 13.9. The summed E-state index contributed by atoms with van der Waals surface area (Å²) >= 11 is 0. The van der Waals surface area contributed by atoms with Crippen molar-refractivity contribution in [3.8, 4) is 5.75 Å². The highest BCUT2D eigenvalue weighted by atomic mass is 19.1. The third kappa shape index (κ3) is 3.90. The molecule has 26 heavy (non-hydrogen) atoms. The Bertz CT molecular complexity index is 1010. The number of hydrogen-bond donors (Lipinski definition) is 1. The van der Waals surface area contributed by atoms with E-state index in [4.69, 9.17) is 9.15 Å². The smallest absolute Gasteiger partial charge is 0.419 e. The van der Waals surface area contributed by atoms with E-state index in [0.717, 1.165) is 12.1 Å². The second kappa shape index (κ2) is 7.38. The Morgan fingerprint density at radius 2 is 2.04 bits per heavy atom. The Morgan fingerprint density at radius 3 is 2.81 bits per heavy atom. The van der Waals surface area contributed by atoms with Crippen molar-refractivity contribution in [2.24, 2.45) is 7.05 Å². The Hall–Kier alpha value is -3.16. The standard InChI is InChI=1S/C18H16F2N2O4/c1-22-14-6-5-12(10-16(14)26-18(22)24)21-17(23)3-2-8-25-15-7-4-11(19)9-13(15)20/h4-7,9-10H,2-3,8H2,1H3,(H,21,23). The van der Waals surface area contributed by atoms with Crippen LogP contribution in [0.4, 0.5) is 14.5 Å². The monoisotopic (exact) mass is 362 g/mol. The maximum Gasteiger partial charge on any atom is 0.419 e. The number of amides is 1. The predicted molar refractivity (Wildman–Crippen MR) is 91.2 cm³/mol. The van der Waals surface area contributed by atoms with Crippen LogP contribution in [-0.2, 0) is 11.8 Å². The Labute approximate surface area is 147 Å². The highest BCUT2D eigenvalue weighted by Crippen LogP contribution is 2.19. The summed E-state index contributed by atoms with van der Waals surface area (Å²) in [6.45, 7) is 0.114. The van der Waals surface area contributed by atoms with Gasteiger partial charge < -0.3 is 14.5 Å². The zero-order valence-electron chi connectivity index (χ0n) is 13.9. The van der Waals surface area contributed by atoms with Crippen molar-refractivity contribution in [2.45, 2.75) is 12.8 Å². The Balaban J connectivity index is 1.50. The summed E-state index contributed by atoms with van der Waals surface area (Å²) in [7, 11) is 1.59. The largest absolute Gasteiger partial charge is 0.491 e. The van der Waals surface area contributed by atoms with E-state index >= 15 is 0 Å². The average molecular weight is 362 g/mol. The molecule has 0 atom stereocenters. The van der Waals surface area contributed by atoms with Gasteiger partial charge in [0.05, 0.1) is 12.1 Å². The van der Waals surface area contributed by atoms with Crippen LogP contribution in [0.5, 0.6) is 5.75 Å². The molecular weight excluding hydrogens is 346 g/mol. The molecule has 0 aliphatic rings. The van der Waals surface area contributed by atoms with Gasteiger partial charge in [0.1, 0.15) is 5.82 Å². The van der Waals surface area contributed by atoms with Crippen LogP contribution in [-0.4, -0.2) is 17.1 Å². The van der Waals surface area contributed by atoms with Crippen LogP contribution < -0.4 is 15.8 Å². The first kappa shape index (κ1) is 17.7. The highest BCUT2D eigenvalue weighted by molar-refractivity contribution is 5.92. The lowest BCUT2D eigenvalue weighted by Crippen LogP contribution is -2.13. The second-order valence-corrected chi connectivity index (χ2v) is 5.68. The number of carbonyl (C=O) groups excluding carboxylic acids is 1. The number of anilines is 1. The maximum atomic E-state index is 13.4. The van der Waals surface area contributed by atoms with Crippen LogP contribution in [0.25, 0.3) is 11.1 Å². The normalized spacial score (nSPS) is 10.9. The van der Waals surface area contributed by atoms with Crippen molar-refractivity contribution < 1.29 is 22.7 Å². The molecule has 1 amide bonds. The van der Waals surface area contributed by atoms with E-state index in [2.05, 4.69) is 5.32 Å². The lowest BCUT2D eigenvalue weighted by molar-refractivity contribution is -0.116. The molecule has 136 valence electrons. The fraction of sp³-hybridized carbons (Fsp3) is 0.222. The summed E-state index contributed by atoms with van der Waals surface area (Å²) in [6.07, 6.45) is 0.505. The van der Waals surface area contributed by atoms with E-state index in [1.54, 1.807) is 25.2 Å². The first-order chi connectivity index (χ1) is 12.4. The molecule has 6 nitrogen and oxygen atoms in total. The number of rotatable bonds is 6. The van der Waals surface area contributed by atoms with Crippen LogP contribution in [0, 0.1) is 11.6 Å². The number of carbonyl (C=O) groups is 1. The molecule has 0 aliphatic heterocycles. The van der Waals surface area contributed by atoms with Crippen molar-refractivity contribution in [2.75, 3.05) is 11.9 Å². The van der Waals surface area contributed by atoms with Crippen LogP contribution in [0.15, 0.2) is 45.6 Å². The minimum atomic E-state index is -0.785. The second-order valence-electron chi connectivity index (χ2n) is 5.68. The van der Waals surface area contributed by atoms with Crippen molar-refractivity contribution in [1.82, 2.24) is 4.57 Å². The number of ether oxygens (including phenoxy) is 1. The Morgan fingerprint density at radius 1 is 1.23 bits per heavy atom. The van der Waals surface area contributed by atoms with Gasteiger partial charge in [-0.1, -0.05) is 0 Å². The van der Waals surface area contributed by atoms with Gasteiger partial charge in [0.2, 0.25) is 5.91 Å². The van der Waals surface area contributed by atoms with Gasteiger partial charge in [-0.25, -0.2) is 13.6 Å². The van der Waals surface area contributed by atoms with Crippen LogP contribution in [0.2, 0.25) is 0 Å². The molecule has 0 unspecified atom stereocenters. The number of hydrogen-bond acceptors (Lipinski definition) is 4. The molecule has 8 heteroatoms. The number of oxazole rings is 1. The average Bonchev–Trinajstić information content (AvgIpc) is 2.87. The number of benzene rings is 2. The molecule has 0 radical (unpaired) electrons. The molecule has 0 saturated carbocycles. The fourth-order valence-corrected chi connectivity index (χ4v) is 2.44. The molecule has 3 aromatic rings. The van der Waals surface area contributed by atoms with Crippen molar-refractivity contribution >= 4 is 22.7 Å². The topological polar surface area (TPSA) is 73.5 Å². The summed E-state index contributed by atoms with van der Waals surface area (Å²) in [5, 5.41) is 2.69. The Kier molecular flexibility index (Phi) is 5.01. The van der Waals surface area contributed by atoms with E-state index in [-0.39, 0.29) is 24.7 Å². The quantitative estimate of drug-likeness (QED) is 0.684. The molecule has 1 N–H and O–H groups in total. The zero-order chi connectivity index (χ0) is 18.7. The van der Waals surface area contributed by atoms with Crippen molar-refractivity contribution in [3.05, 3.63) is 58.6 Å². The molecule has 1 aromatic heterocycles. The van der Waals surface area contributed by atoms with E-state index in [0.29, 0.717) is 23.2 Å². The predicted octanol–water partition coefficient (Wildman–Crippen LogP) is 3.21. The van der Waals surface area contributed by atoms with Gasteiger partial charge in [-0.2, -0.15) is 0 Å². The molecule has 3 rings (SSSR count). The van der Waals surface area contributed by atoms with Crippen molar-refractivity contribution in [3.63, 3.8) is 0 Å². The first-order valence-corrected chi connectivity index (χ1v) is 7.91. The van der Waals surface area contributed by atoms with E-state index < -0.39 is 17.4 Å².